The highest BCUT2D eigenvalue weighted by Gasteiger charge is 2.21. The SMILES string of the molecule is CC(C)c1ccc(-c2nonc2NC(=O)[C@H](C)Oc2ccccc2Cl)cc1. The average molecular weight is 386 g/mol. The van der Waals surface area contributed by atoms with E-state index in [-0.39, 0.29) is 11.7 Å². The van der Waals surface area contributed by atoms with Crippen LogP contribution in [0.25, 0.3) is 11.3 Å². The Bertz CT molecular complexity index is 922. The van der Waals surface area contributed by atoms with Gasteiger partial charge in [-0.05, 0) is 40.9 Å². The van der Waals surface area contributed by atoms with Crippen LogP contribution in [0.5, 0.6) is 5.75 Å². The summed E-state index contributed by atoms with van der Waals surface area (Å²) in [5, 5.41) is 10.8. The molecule has 6 nitrogen and oxygen atoms in total. The topological polar surface area (TPSA) is 77.3 Å². The van der Waals surface area contributed by atoms with Gasteiger partial charge in [0.1, 0.15) is 5.75 Å². The number of carbonyl (C=O) groups is 1. The zero-order valence-electron chi connectivity index (χ0n) is 15.3. The maximum absolute atomic E-state index is 12.5. The van der Waals surface area contributed by atoms with E-state index in [2.05, 4.69) is 29.5 Å². The van der Waals surface area contributed by atoms with Crippen molar-refractivity contribution in [3.8, 4) is 17.0 Å². The zero-order valence-corrected chi connectivity index (χ0v) is 16.0. The van der Waals surface area contributed by atoms with Gasteiger partial charge < -0.3 is 10.1 Å². The van der Waals surface area contributed by atoms with Crippen LogP contribution in [0.2, 0.25) is 5.02 Å². The van der Waals surface area contributed by atoms with Crippen LogP contribution in [0.1, 0.15) is 32.3 Å². The van der Waals surface area contributed by atoms with Gasteiger partial charge in [0.05, 0.1) is 5.02 Å². The van der Waals surface area contributed by atoms with Crippen molar-refractivity contribution in [2.75, 3.05) is 5.32 Å². The monoisotopic (exact) mass is 385 g/mol. The minimum Gasteiger partial charge on any atom is -0.479 e. The lowest BCUT2D eigenvalue weighted by Gasteiger charge is -2.14. The smallest absolute Gasteiger partial charge is 0.266 e. The zero-order chi connectivity index (χ0) is 19.4. The number of carbonyl (C=O) groups excluding carboxylic acids is 1. The van der Waals surface area contributed by atoms with E-state index in [1.165, 1.54) is 5.56 Å². The molecule has 140 valence electrons. The summed E-state index contributed by atoms with van der Waals surface area (Å²) in [5.74, 6) is 0.721. The van der Waals surface area contributed by atoms with Crippen molar-refractivity contribution in [3.63, 3.8) is 0 Å². The van der Waals surface area contributed by atoms with Crippen LogP contribution in [0.4, 0.5) is 5.82 Å². The molecule has 1 heterocycles. The molecule has 0 aliphatic heterocycles. The summed E-state index contributed by atoms with van der Waals surface area (Å²) in [4.78, 5) is 12.5. The Morgan fingerprint density at radius 2 is 1.78 bits per heavy atom. The van der Waals surface area contributed by atoms with Gasteiger partial charge >= 0.3 is 0 Å². The Hall–Kier alpha value is -2.86. The molecule has 0 unspecified atom stereocenters. The van der Waals surface area contributed by atoms with Crippen LogP contribution in [0.15, 0.2) is 53.2 Å². The third kappa shape index (κ3) is 4.46. The van der Waals surface area contributed by atoms with E-state index in [0.29, 0.717) is 22.4 Å². The maximum atomic E-state index is 12.5. The second-order valence-electron chi connectivity index (χ2n) is 6.42. The molecule has 3 aromatic rings. The molecule has 0 bridgehead atoms. The number of anilines is 1. The Kier molecular flexibility index (Phi) is 5.76. The Morgan fingerprint density at radius 1 is 1.07 bits per heavy atom. The number of benzene rings is 2. The van der Waals surface area contributed by atoms with Crippen LogP contribution in [-0.2, 0) is 4.79 Å². The highest BCUT2D eigenvalue weighted by atomic mass is 35.5. The maximum Gasteiger partial charge on any atom is 0.266 e. The lowest BCUT2D eigenvalue weighted by molar-refractivity contribution is -0.122. The molecule has 0 radical (unpaired) electrons. The number of hydrogen-bond donors (Lipinski definition) is 1. The molecule has 1 N–H and O–H groups in total. The van der Waals surface area contributed by atoms with Gasteiger partial charge in [-0.3, -0.25) is 4.79 Å². The molecule has 3 rings (SSSR count). The van der Waals surface area contributed by atoms with E-state index in [1.54, 1.807) is 31.2 Å². The number of amides is 1. The van der Waals surface area contributed by atoms with Crippen LogP contribution in [0, 0.1) is 0 Å². The Morgan fingerprint density at radius 3 is 2.44 bits per heavy atom. The number of halogens is 1. The van der Waals surface area contributed by atoms with Crippen molar-refractivity contribution in [2.45, 2.75) is 32.8 Å². The molecular weight excluding hydrogens is 366 g/mol. The van der Waals surface area contributed by atoms with E-state index in [9.17, 15) is 4.79 Å². The van der Waals surface area contributed by atoms with Crippen molar-refractivity contribution in [1.82, 2.24) is 10.3 Å². The predicted octanol–water partition coefficient (Wildman–Crippen LogP) is 4.92. The number of nitrogens with one attached hydrogen (secondary N) is 1. The number of nitrogens with zero attached hydrogens (tertiary/aromatic N) is 2. The number of para-hydroxylation sites is 1. The van der Waals surface area contributed by atoms with Crippen LogP contribution in [0.3, 0.4) is 0 Å². The van der Waals surface area contributed by atoms with Crippen molar-refractivity contribution in [1.29, 1.82) is 0 Å². The standard InChI is InChI=1S/C20H20ClN3O3/c1-12(2)14-8-10-15(11-9-14)18-19(24-27-23-18)22-20(25)13(3)26-17-7-5-4-6-16(17)21/h4-13H,1-3H3,(H,22,24,25)/t13-/m0/s1. The van der Waals surface area contributed by atoms with E-state index in [0.717, 1.165) is 5.56 Å². The molecule has 0 aliphatic rings. The molecule has 1 atom stereocenters. The van der Waals surface area contributed by atoms with Gasteiger partial charge in [-0.1, -0.05) is 61.8 Å². The number of ether oxygens (including phenoxy) is 1. The highest BCUT2D eigenvalue weighted by molar-refractivity contribution is 6.32. The van der Waals surface area contributed by atoms with Gasteiger partial charge in [-0.15, -0.1) is 0 Å². The summed E-state index contributed by atoms with van der Waals surface area (Å²) >= 11 is 6.06. The summed E-state index contributed by atoms with van der Waals surface area (Å²) < 4.78 is 10.4. The predicted molar refractivity (Wildman–Crippen MR) is 104 cm³/mol. The summed E-state index contributed by atoms with van der Waals surface area (Å²) in [5.41, 5.74) is 2.47. The van der Waals surface area contributed by atoms with E-state index in [4.69, 9.17) is 21.0 Å². The molecule has 2 aromatic carbocycles. The second-order valence-corrected chi connectivity index (χ2v) is 6.83. The lowest BCUT2D eigenvalue weighted by Crippen LogP contribution is -2.30. The van der Waals surface area contributed by atoms with Gasteiger partial charge in [-0.25, -0.2) is 4.63 Å². The number of hydrogen-bond acceptors (Lipinski definition) is 5. The van der Waals surface area contributed by atoms with E-state index in [1.807, 2.05) is 24.3 Å². The van der Waals surface area contributed by atoms with Crippen molar-refractivity contribution in [3.05, 3.63) is 59.1 Å². The highest BCUT2D eigenvalue weighted by Crippen LogP contribution is 2.27. The normalized spacial score (nSPS) is 12.0. The summed E-state index contributed by atoms with van der Waals surface area (Å²) in [7, 11) is 0. The first-order valence-corrected chi connectivity index (χ1v) is 8.98. The minimum atomic E-state index is -0.780. The first kappa shape index (κ1) is 18.9. The molecule has 0 saturated heterocycles. The van der Waals surface area contributed by atoms with E-state index < -0.39 is 6.10 Å². The van der Waals surface area contributed by atoms with Gasteiger partial charge in [0, 0.05) is 5.56 Å². The molecule has 1 aromatic heterocycles. The van der Waals surface area contributed by atoms with Crippen molar-refractivity contribution >= 4 is 23.3 Å². The molecule has 27 heavy (non-hydrogen) atoms. The minimum absolute atomic E-state index is 0.243. The molecule has 7 heteroatoms. The van der Waals surface area contributed by atoms with E-state index >= 15 is 0 Å². The molecule has 0 saturated carbocycles. The fourth-order valence-corrected chi connectivity index (χ4v) is 2.67. The van der Waals surface area contributed by atoms with Gasteiger partial charge in [0.25, 0.3) is 5.91 Å². The summed E-state index contributed by atoms with van der Waals surface area (Å²) in [6, 6.07) is 14.9. The number of rotatable bonds is 6. The molecule has 0 fully saturated rings. The average Bonchev–Trinajstić information content (AvgIpc) is 3.11. The first-order valence-electron chi connectivity index (χ1n) is 8.60. The summed E-state index contributed by atoms with van der Waals surface area (Å²) in [6.45, 7) is 5.88. The van der Waals surface area contributed by atoms with Crippen molar-refractivity contribution in [2.24, 2.45) is 0 Å². The van der Waals surface area contributed by atoms with Gasteiger partial charge in [-0.2, -0.15) is 0 Å². The van der Waals surface area contributed by atoms with Crippen LogP contribution >= 0.6 is 11.6 Å². The second kappa shape index (κ2) is 8.22. The molecule has 1 amide bonds. The van der Waals surface area contributed by atoms with Crippen LogP contribution < -0.4 is 10.1 Å². The first-order chi connectivity index (χ1) is 13.0. The quantitative estimate of drug-likeness (QED) is 0.651. The molecular formula is C20H20ClN3O3. The van der Waals surface area contributed by atoms with Crippen molar-refractivity contribution < 1.29 is 14.2 Å². The van der Waals surface area contributed by atoms with Gasteiger partial charge in [0.15, 0.2) is 11.8 Å². The Labute approximate surface area is 162 Å². The van der Waals surface area contributed by atoms with Gasteiger partial charge in [0.2, 0.25) is 5.82 Å². The molecule has 0 spiro atoms. The lowest BCUT2D eigenvalue weighted by atomic mass is 10.0. The number of aromatic nitrogens is 2. The largest absolute Gasteiger partial charge is 0.479 e. The fraction of sp³-hybridized carbons (Fsp3) is 0.250. The third-order valence-corrected chi connectivity index (χ3v) is 4.40. The molecule has 0 aliphatic carbocycles. The third-order valence-electron chi connectivity index (χ3n) is 4.09. The summed E-state index contributed by atoms with van der Waals surface area (Å²) in [6.07, 6.45) is -0.780. The van der Waals surface area contributed by atoms with Crippen LogP contribution in [-0.4, -0.2) is 22.3 Å². The fourth-order valence-electron chi connectivity index (χ4n) is 2.49. The Balaban J connectivity index is 1.72.